The molecule has 10 heteroatoms. The molecule has 116 valence electrons. The van der Waals surface area contributed by atoms with Crippen LogP contribution in [0.2, 0.25) is 0 Å². The van der Waals surface area contributed by atoms with E-state index in [1.165, 1.54) is 0 Å². The molecule has 0 spiro atoms. The molecule has 0 saturated carbocycles. The minimum atomic E-state index is -1.44. The first kappa shape index (κ1) is 18.3. The number of nitrogens with two attached hydrogens (primary N) is 1. The molecule has 0 aromatic rings. The Morgan fingerprint density at radius 2 is 1.76 bits per heavy atom. The smallest absolute Gasteiger partial charge is 0.327 e. The minimum Gasteiger partial charge on any atom is -0.481 e. The second kappa shape index (κ2) is 9.27. The first-order valence-electron chi connectivity index (χ1n) is 5.93. The fourth-order valence-corrected chi connectivity index (χ4v) is 1.35. The molecule has 6 N–H and O–H groups in total. The van der Waals surface area contributed by atoms with Crippen molar-refractivity contribution in [1.29, 1.82) is 5.26 Å². The molecule has 10 nitrogen and oxygen atoms in total. The van der Waals surface area contributed by atoms with Gasteiger partial charge < -0.3 is 26.6 Å². The fraction of sp³-hybridized carbons (Fsp3) is 0.545. The van der Waals surface area contributed by atoms with E-state index in [1.54, 1.807) is 6.07 Å². The average molecular weight is 300 g/mol. The van der Waals surface area contributed by atoms with E-state index in [1.807, 2.05) is 0 Å². The Morgan fingerprint density at radius 3 is 2.19 bits per heavy atom. The third-order valence-corrected chi connectivity index (χ3v) is 2.39. The Hall–Kier alpha value is -2.67. The number of nitrogens with zero attached hydrogens (tertiary/aromatic N) is 1. The third kappa shape index (κ3) is 7.48. The van der Waals surface area contributed by atoms with Gasteiger partial charge in [0.05, 0.1) is 19.0 Å². The highest BCUT2D eigenvalue weighted by atomic mass is 16.4. The van der Waals surface area contributed by atoms with E-state index in [-0.39, 0.29) is 6.42 Å². The molecule has 0 saturated heterocycles. The first-order chi connectivity index (χ1) is 9.81. The number of rotatable bonds is 9. The molecular formula is C11H16N4O6. The van der Waals surface area contributed by atoms with Crippen LogP contribution in [0.25, 0.3) is 0 Å². The van der Waals surface area contributed by atoms with Gasteiger partial charge in [-0.05, 0) is 6.42 Å². The molecule has 0 heterocycles. The molecular weight excluding hydrogens is 284 g/mol. The molecule has 2 amide bonds. The first-order valence-corrected chi connectivity index (χ1v) is 5.93. The van der Waals surface area contributed by atoms with Gasteiger partial charge in [0.15, 0.2) is 0 Å². The van der Waals surface area contributed by atoms with Gasteiger partial charge in [-0.25, -0.2) is 4.79 Å². The summed E-state index contributed by atoms with van der Waals surface area (Å²) in [6.45, 7) is -0.405. The van der Waals surface area contributed by atoms with Gasteiger partial charge in [0.1, 0.15) is 12.1 Å². The Balaban J connectivity index is 4.82. The normalized spacial score (nSPS) is 12.6. The molecule has 0 aromatic carbocycles. The summed E-state index contributed by atoms with van der Waals surface area (Å²) in [7, 11) is 0. The van der Waals surface area contributed by atoms with Crippen molar-refractivity contribution in [2.45, 2.75) is 31.3 Å². The van der Waals surface area contributed by atoms with Gasteiger partial charge >= 0.3 is 11.9 Å². The van der Waals surface area contributed by atoms with E-state index in [9.17, 15) is 19.2 Å². The average Bonchev–Trinajstić information content (AvgIpc) is 2.41. The van der Waals surface area contributed by atoms with Crippen LogP contribution in [-0.2, 0) is 19.2 Å². The molecule has 0 aliphatic heterocycles. The van der Waals surface area contributed by atoms with E-state index in [0.29, 0.717) is 0 Å². The number of amides is 2. The van der Waals surface area contributed by atoms with Crippen LogP contribution in [0.4, 0.5) is 0 Å². The summed E-state index contributed by atoms with van der Waals surface area (Å²) in [5.41, 5.74) is 5.08. The highest BCUT2D eigenvalue weighted by Gasteiger charge is 2.26. The van der Waals surface area contributed by atoms with E-state index < -0.39 is 55.2 Å². The summed E-state index contributed by atoms with van der Waals surface area (Å²) >= 11 is 0. The van der Waals surface area contributed by atoms with Crippen molar-refractivity contribution in [3.8, 4) is 6.07 Å². The van der Waals surface area contributed by atoms with Crippen molar-refractivity contribution in [3.63, 3.8) is 0 Å². The molecule has 0 radical (unpaired) electrons. The van der Waals surface area contributed by atoms with Gasteiger partial charge in [-0.2, -0.15) is 5.26 Å². The van der Waals surface area contributed by atoms with Crippen molar-refractivity contribution in [2.24, 2.45) is 5.73 Å². The molecule has 2 unspecified atom stereocenters. The Bertz CT molecular complexity index is 458. The molecule has 0 aromatic heterocycles. The second-order valence-corrected chi connectivity index (χ2v) is 4.02. The maximum Gasteiger partial charge on any atom is 0.327 e. The van der Waals surface area contributed by atoms with Gasteiger partial charge in [-0.15, -0.1) is 0 Å². The van der Waals surface area contributed by atoms with Gasteiger partial charge in [0, 0.05) is 6.42 Å². The number of carboxylic acid groups (broad SMARTS) is 2. The number of aliphatic carboxylic acids is 2. The maximum atomic E-state index is 11.9. The SMILES string of the molecule is N#CCC(NC(=O)C(CCC(=O)O)NC(=O)CN)C(=O)O. The lowest BCUT2D eigenvalue weighted by atomic mass is 10.1. The van der Waals surface area contributed by atoms with Crippen LogP contribution >= 0.6 is 0 Å². The third-order valence-electron chi connectivity index (χ3n) is 2.39. The zero-order valence-electron chi connectivity index (χ0n) is 11.0. The molecule has 0 aliphatic rings. The zero-order valence-corrected chi connectivity index (χ0v) is 11.0. The van der Waals surface area contributed by atoms with Gasteiger partial charge in [0.25, 0.3) is 0 Å². The van der Waals surface area contributed by atoms with Crippen LogP contribution in [0.15, 0.2) is 0 Å². The minimum absolute atomic E-state index is 0.230. The lowest BCUT2D eigenvalue weighted by molar-refractivity contribution is -0.142. The van der Waals surface area contributed by atoms with E-state index in [0.717, 1.165) is 0 Å². The predicted octanol–water partition coefficient (Wildman–Crippen LogP) is -2.22. The monoisotopic (exact) mass is 300 g/mol. The molecule has 0 bridgehead atoms. The van der Waals surface area contributed by atoms with Gasteiger partial charge in [0.2, 0.25) is 11.8 Å². The van der Waals surface area contributed by atoms with Gasteiger partial charge in [-0.3, -0.25) is 14.4 Å². The summed E-state index contributed by atoms with van der Waals surface area (Å²) in [5.74, 6) is -4.16. The van der Waals surface area contributed by atoms with Gasteiger partial charge in [-0.1, -0.05) is 0 Å². The quantitative estimate of drug-likeness (QED) is 0.317. The molecule has 0 rings (SSSR count). The Kier molecular flexibility index (Phi) is 8.09. The highest BCUT2D eigenvalue weighted by molar-refractivity contribution is 5.91. The van der Waals surface area contributed by atoms with Crippen LogP contribution in [0, 0.1) is 11.3 Å². The number of carbonyl (C=O) groups excluding carboxylic acids is 2. The van der Waals surface area contributed by atoms with E-state index >= 15 is 0 Å². The van der Waals surface area contributed by atoms with Crippen molar-refractivity contribution >= 4 is 23.8 Å². The van der Waals surface area contributed by atoms with Crippen molar-refractivity contribution in [1.82, 2.24) is 10.6 Å². The van der Waals surface area contributed by atoms with Crippen LogP contribution < -0.4 is 16.4 Å². The molecule has 2 atom stereocenters. The number of nitrogens with one attached hydrogen (secondary N) is 2. The lowest BCUT2D eigenvalue weighted by Gasteiger charge is -2.19. The summed E-state index contributed by atoms with van der Waals surface area (Å²) in [4.78, 5) is 44.4. The number of hydrogen-bond acceptors (Lipinski definition) is 6. The Morgan fingerprint density at radius 1 is 1.14 bits per heavy atom. The number of hydrogen-bond donors (Lipinski definition) is 5. The topological polar surface area (TPSA) is 183 Å². The van der Waals surface area contributed by atoms with Crippen molar-refractivity contribution in [3.05, 3.63) is 0 Å². The van der Waals surface area contributed by atoms with E-state index in [4.69, 9.17) is 21.2 Å². The summed E-state index contributed by atoms with van der Waals surface area (Å²) in [6, 6.07) is -1.08. The highest BCUT2D eigenvalue weighted by Crippen LogP contribution is 2.00. The number of carboxylic acids is 2. The molecule has 21 heavy (non-hydrogen) atoms. The van der Waals surface area contributed by atoms with Crippen molar-refractivity contribution < 1.29 is 29.4 Å². The number of carbonyl (C=O) groups is 4. The van der Waals surface area contributed by atoms with Crippen LogP contribution in [0.1, 0.15) is 19.3 Å². The number of nitriles is 1. The predicted molar refractivity (Wildman–Crippen MR) is 67.7 cm³/mol. The van der Waals surface area contributed by atoms with E-state index in [2.05, 4.69) is 10.6 Å². The summed E-state index contributed by atoms with van der Waals surface area (Å²) in [6.07, 6.45) is -1.09. The van der Waals surface area contributed by atoms with Crippen LogP contribution in [0.5, 0.6) is 0 Å². The summed E-state index contributed by atoms with van der Waals surface area (Å²) in [5, 5.41) is 30.1. The van der Waals surface area contributed by atoms with Crippen LogP contribution in [-0.4, -0.2) is 52.6 Å². The molecule has 0 aliphatic carbocycles. The maximum absolute atomic E-state index is 11.9. The Labute approximate surface area is 119 Å². The summed E-state index contributed by atoms with van der Waals surface area (Å²) < 4.78 is 0. The lowest BCUT2D eigenvalue weighted by Crippen LogP contribution is -2.52. The molecule has 0 fully saturated rings. The fourth-order valence-electron chi connectivity index (χ4n) is 1.35. The largest absolute Gasteiger partial charge is 0.481 e. The van der Waals surface area contributed by atoms with Crippen molar-refractivity contribution in [2.75, 3.05) is 6.54 Å². The standard InChI is InChI=1S/C11H16N4O6/c12-4-3-7(11(20)21)15-10(19)6(1-2-9(17)18)14-8(16)5-13/h6-7H,1-3,5,13H2,(H,14,16)(H,15,19)(H,17,18)(H,20,21). The second-order valence-electron chi connectivity index (χ2n) is 4.02. The zero-order chi connectivity index (χ0) is 16.4. The van der Waals surface area contributed by atoms with Crippen LogP contribution in [0.3, 0.4) is 0 Å².